The van der Waals surface area contributed by atoms with Crippen LogP contribution in [0.5, 0.6) is 0 Å². The van der Waals surface area contributed by atoms with E-state index in [1.54, 1.807) is 18.2 Å². The van der Waals surface area contributed by atoms with E-state index < -0.39 is 6.09 Å². The summed E-state index contributed by atoms with van der Waals surface area (Å²) in [5, 5.41) is 3.08. The lowest BCUT2D eigenvalue weighted by atomic mass is 10.2. The monoisotopic (exact) mass is 293 g/mol. The molecule has 0 saturated carbocycles. The molecule has 5 heteroatoms. The van der Waals surface area contributed by atoms with Crippen molar-refractivity contribution >= 4 is 36.0 Å². The van der Waals surface area contributed by atoms with Crippen LogP contribution in [0.15, 0.2) is 53.4 Å². The molecular formula is C14H12ClNO2S. The second-order valence-electron chi connectivity index (χ2n) is 3.82. The largest absolute Gasteiger partial charge is 0.444 e. The van der Waals surface area contributed by atoms with Crippen molar-refractivity contribution in [2.45, 2.75) is 11.5 Å². The predicted molar refractivity (Wildman–Crippen MR) is 79.0 cm³/mol. The van der Waals surface area contributed by atoms with Crippen LogP contribution in [0, 0.1) is 0 Å². The number of amides is 1. The fourth-order valence-corrected chi connectivity index (χ4v) is 1.86. The van der Waals surface area contributed by atoms with Gasteiger partial charge in [-0.15, -0.1) is 12.6 Å². The molecule has 0 aliphatic carbocycles. The summed E-state index contributed by atoms with van der Waals surface area (Å²) in [7, 11) is 0. The minimum Gasteiger partial charge on any atom is -0.444 e. The van der Waals surface area contributed by atoms with Gasteiger partial charge >= 0.3 is 6.09 Å². The Morgan fingerprint density at radius 2 is 1.89 bits per heavy atom. The van der Waals surface area contributed by atoms with E-state index >= 15 is 0 Å². The Labute approximate surface area is 122 Å². The summed E-state index contributed by atoms with van der Waals surface area (Å²) < 4.78 is 5.10. The first-order valence-electron chi connectivity index (χ1n) is 5.62. The molecule has 0 aliphatic rings. The molecule has 0 spiro atoms. The van der Waals surface area contributed by atoms with Gasteiger partial charge in [-0.3, -0.25) is 5.32 Å². The van der Waals surface area contributed by atoms with E-state index in [1.165, 1.54) is 0 Å². The smallest absolute Gasteiger partial charge is 0.411 e. The third-order valence-corrected chi connectivity index (χ3v) is 3.36. The van der Waals surface area contributed by atoms with Gasteiger partial charge in [0.05, 0.1) is 10.7 Å². The maximum absolute atomic E-state index is 11.6. The topological polar surface area (TPSA) is 38.3 Å². The Bertz CT molecular complexity index is 575. The van der Waals surface area contributed by atoms with Gasteiger partial charge in [0.25, 0.3) is 0 Å². The Balaban J connectivity index is 1.93. The van der Waals surface area contributed by atoms with Crippen molar-refractivity contribution in [3.8, 4) is 0 Å². The van der Waals surface area contributed by atoms with Crippen molar-refractivity contribution in [3.63, 3.8) is 0 Å². The van der Waals surface area contributed by atoms with Gasteiger partial charge in [-0.2, -0.15) is 0 Å². The number of halogens is 1. The molecule has 0 bridgehead atoms. The van der Waals surface area contributed by atoms with Crippen LogP contribution in [0.4, 0.5) is 10.5 Å². The summed E-state index contributed by atoms with van der Waals surface area (Å²) in [6.45, 7) is 0.217. The maximum Gasteiger partial charge on any atom is 0.411 e. The van der Waals surface area contributed by atoms with Crippen molar-refractivity contribution in [1.29, 1.82) is 0 Å². The molecular weight excluding hydrogens is 282 g/mol. The third-order valence-electron chi connectivity index (χ3n) is 2.44. The summed E-state index contributed by atoms with van der Waals surface area (Å²) >= 11 is 10.1. The zero-order valence-electron chi connectivity index (χ0n) is 9.97. The molecule has 1 amide bonds. The molecule has 0 saturated heterocycles. The average Bonchev–Trinajstić information content (AvgIpc) is 2.43. The van der Waals surface area contributed by atoms with Gasteiger partial charge < -0.3 is 4.74 Å². The molecule has 2 rings (SSSR count). The highest BCUT2D eigenvalue weighted by atomic mass is 35.5. The first-order chi connectivity index (χ1) is 9.16. The number of carbonyl (C=O) groups is 1. The number of carbonyl (C=O) groups excluding carboxylic acids is 1. The first kappa shape index (κ1) is 13.8. The molecule has 0 aliphatic heterocycles. The molecule has 0 fully saturated rings. The number of ether oxygens (including phenoxy) is 1. The lowest BCUT2D eigenvalue weighted by Crippen LogP contribution is -2.13. The maximum atomic E-state index is 11.6. The molecule has 2 aromatic carbocycles. The fraction of sp³-hybridized carbons (Fsp3) is 0.0714. The lowest BCUT2D eigenvalue weighted by molar-refractivity contribution is 0.155. The normalized spacial score (nSPS) is 10.0. The summed E-state index contributed by atoms with van der Waals surface area (Å²) in [4.78, 5) is 12.2. The number of hydrogen-bond acceptors (Lipinski definition) is 3. The molecule has 98 valence electrons. The molecule has 0 radical (unpaired) electrons. The van der Waals surface area contributed by atoms with Crippen LogP contribution in [0.3, 0.4) is 0 Å². The van der Waals surface area contributed by atoms with Crippen LogP contribution in [0.1, 0.15) is 5.56 Å². The Morgan fingerprint density at radius 1 is 1.16 bits per heavy atom. The quantitative estimate of drug-likeness (QED) is 0.824. The van der Waals surface area contributed by atoms with E-state index in [0.717, 1.165) is 5.56 Å². The van der Waals surface area contributed by atoms with E-state index in [4.69, 9.17) is 16.3 Å². The van der Waals surface area contributed by atoms with Gasteiger partial charge in [0.1, 0.15) is 6.61 Å². The van der Waals surface area contributed by atoms with Crippen molar-refractivity contribution in [2.24, 2.45) is 0 Å². The van der Waals surface area contributed by atoms with E-state index in [1.807, 2.05) is 30.3 Å². The van der Waals surface area contributed by atoms with Gasteiger partial charge in [0.15, 0.2) is 0 Å². The van der Waals surface area contributed by atoms with Crippen molar-refractivity contribution < 1.29 is 9.53 Å². The van der Waals surface area contributed by atoms with Crippen LogP contribution in [-0.2, 0) is 11.3 Å². The number of anilines is 1. The van der Waals surface area contributed by atoms with Crippen LogP contribution in [0.2, 0.25) is 5.02 Å². The Morgan fingerprint density at radius 3 is 2.63 bits per heavy atom. The second kappa shape index (κ2) is 6.50. The zero-order chi connectivity index (χ0) is 13.7. The van der Waals surface area contributed by atoms with E-state index in [0.29, 0.717) is 15.6 Å². The summed E-state index contributed by atoms with van der Waals surface area (Å²) in [5.74, 6) is 0. The minimum absolute atomic E-state index is 0.217. The Hall–Kier alpha value is -1.65. The van der Waals surface area contributed by atoms with Gasteiger partial charge in [-0.1, -0.05) is 48.0 Å². The Kier molecular flexibility index (Phi) is 4.71. The molecule has 1 N–H and O–H groups in total. The van der Waals surface area contributed by atoms with Crippen LogP contribution < -0.4 is 5.32 Å². The van der Waals surface area contributed by atoms with Gasteiger partial charge in [0, 0.05) is 4.90 Å². The molecule has 0 atom stereocenters. The van der Waals surface area contributed by atoms with E-state index in [9.17, 15) is 4.79 Å². The summed E-state index contributed by atoms with van der Waals surface area (Å²) in [6.07, 6.45) is -0.540. The standard InChI is InChI=1S/C14H12ClNO2S/c15-11-7-4-8-12(13(11)19)16-14(17)18-9-10-5-2-1-3-6-10/h1-8,19H,9H2,(H,16,17). The van der Waals surface area contributed by atoms with Gasteiger partial charge in [-0.05, 0) is 17.7 Å². The fourth-order valence-electron chi connectivity index (χ4n) is 1.49. The first-order valence-corrected chi connectivity index (χ1v) is 6.44. The van der Waals surface area contributed by atoms with E-state index in [2.05, 4.69) is 17.9 Å². The van der Waals surface area contributed by atoms with Crippen molar-refractivity contribution in [3.05, 3.63) is 59.1 Å². The third kappa shape index (κ3) is 3.91. The van der Waals surface area contributed by atoms with Gasteiger partial charge in [-0.25, -0.2) is 4.79 Å². The van der Waals surface area contributed by atoms with Gasteiger partial charge in [0.2, 0.25) is 0 Å². The molecule has 2 aromatic rings. The summed E-state index contributed by atoms with van der Waals surface area (Å²) in [5.41, 5.74) is 1.45. The molecule has 0 aromatic heterocycles. The van der Waals surface area contributed by atoms with Crippen molar-refractivity contribution in [2.75, 3.05) is 5.32 Å². The number of benzene rings is 2. The predicted octanol–water partition coefficient (Wildman–Crippen LogP) is 4.38. The average molecular weight is 294 g/mol. The highest BCUT2D eigenvalue weighted by molar-refractivity contribution is 7.80. The molecule has 3 nitrogen and oxygen atoms in total. The molecule has 0 heterocycles. The van der Waals surface area contributed by atoms with Crippen LogP contribution >= 0.6 is 24.2 Å². The molecule has 19 heavy (non-hydrogen) atoms. The number of hydrogen-bond donors (Lipinski definition) is 2. The second-order valence-corrected chi connectivity index (χ2v) is 4.68. The molecule has 0 unspecified atom stereocenters. The minimum atomic E-state index is -0.540. The van der Waals surface area contributed by atoms with E-state index in [-0.39, 0.29) is 6.61 Å². The van der Waals surface area contributed by atoms with Crippen LogP contribution in [0.25, 0.3) is 0 Å². The van der Waals surface area contributed by atoms with Crippen LogP contribution in [-0.4, -0.2) is 6.09 Å². The summed E-state index contributed by atoms with van der Waals surface area (Å²) in [6, 6.07) is 14.6. The van der Waals surface area contributed by atoms with Crippen molar-refractivity contribution in [1.82, 2.24) is 0 Å². The number of thiol groups is 1. The number of rotatable bonds is 3. The lowest BCUT2D eigenvalue weighted by Gasteiger charge is -2.09. The number of nitrogens with one attached hydrogen (secondary N) is 1. The highest BCUT2D eigenvalue weighted by Gasteiger charge is 2.08. The SMILES string of the molecule is O=C(Nc1cccc(Cl)c1S)OCc1ccccc1. The zero-order valence-corrected chi connectivity index (χ0v) is 11.6. The highest BCUT2D eigenvalue weighted by Crippen LogP contribution is 2.27.